The summed E-state index contributed by atoms with van der Waals surface area (Å²) in [5.74, 6) is -1.74. The van der Waals surface area contributed by atoms with Crippen LogP contribution in [0.2, 0.25) is 0 Å². The number of hydrogen-bond acceptors (Lipinski definition) is 5. The molecule has 0 atom stereocenters. The molecule has 2 aromatic carbocycles. The van der Waals surface area contributed by atoms with Crippen molar-refractivity contribution in [3.63, 3.8) is 0 Å². The van der Waals surface area contributed by atoms with E-state index in [1.54, 1.807) is 23.1 Å². The topological polar surface area (TPSA) is 64.7 Å². The average molecular weight is 467 g/mol. The lowest BCUT2D eigenvalue weighted by atomic mass is 10.1. The number of ether oxygens (including phenoxy) is 1. The molecule has 0 unspecified atom stereocenters. The lowest BCUT2D eigenvalue weighted by Gasteiger charge is -2.11. The Labute approximate surface area is 195 Å². The van der Waals surface area contributed by atoms with Crippen LogP contribution in [0.5, 0.6) is 0 Å². The molecule has 1 heterocycles. The zero-order valence-corrected chi connectivity index (χ0v) is 19.1. The van der Waals surface area contributed by atoms with Gasteiger partial charge in [0.25, 0.3) is 5.90 Å². The van der Waals surface area contributed by atoms with Crippen LogP contribution in [0.4, 0.5) is 13.2 Å². The summed E-state index contributed by atoms with van der Waals surface area (Å²) in [5.41, 5.74) is 2.97. The van der Waals surface area contributed by atoms with Gasteiger partial charge in [-0.3, -0.25) is 9.98 Å². The smallest absolute Gasteiger partial charge is 0.312 e. The fraction of sp³-hybridized carbons (Fsp3) is 0.200. The van der Waals surface area contributed by atoms with E-state index in [9.17, 15) is 13.2 Å². The summed E-state index contributed by atoms with van der Waals surface area (Å²) in [6, 6.07) is 10.0. The van der Waals surface area contributed by atoms with Crippen LogP contribution in [0.25, 0.3) is 29.8 Å². The summed E-state index contributed by atoms with van der Waals surface area (Å²) in [5, 5.41) is 10.0. The molecule has 6 nitrogen and oxygen atoms in total. The third-order valence-electron chi connectivity index (χ3n) is 4.76. The van der Waals surface area contributed by atoms with Crippen molar-refractivity contribution in [1.82, 2.24) is 15.0 Å². The fourth-order valence-electron chi connectivity index (χ4n) is 3.02. The van der Waals surface area contributed by atoms with Crippen LogP contribution in [0.15, 0.2) is 59.2 Å². The largest absolute Gasteiger partial charge is 0.438 e. The first-order valence-electron chi connectivity index (χ1n) is 10.3. The van der Waals surface area contributed by atoms with Crippen LogP contribution in [-0.4, -0.2) is 40.1 Å². The molecule has 1 aromatic heterocycles. The van der Waals surface area contributed by atoms with Crippen molar-refractivity contribution < 1.29 is 17.9 Å². The predicted octanol–water partition coefficient (Wildman–Crippen LogP) is 4.04. The van der Waals surface area contributed by atoms with Gasteiger partial charge in [-0.1, -0.05) is 36.6 Å². The Hall–Kier alpha value is -4.01. The number of aromatic nitrogens is 3. The molecule has 0 saturated carbocycles. The van der Waals surface area contributed by atoms with Gasteiger partial charge in [0.1, 0.15) is 17.3 Å². The number of hydrogen-bond donors (Lipinski definition) is 0. The fourth-order valence-corrected chi connectivity index (χ4v) is 3.02. The molecule has 0 N–H and O–H groups in total. The first kappa shape index (κ1) is 24.6. The van der Waals surface area contributed by atoms with E-state index in [1.165, 1.54) is 12.1 Å². The maximum atomic E-state index is 14.6. The summed E-state index contributed by atoms with van der Waals surface area (Å²) in [4.78, 5) is 7.67. The third kappa shape index (κ3) is 6.06. The van der Waals surface area contributed by atoms with Gasteiger partial charge >= 0.3 is 6.43 Å². The Morgan fingerprint density at radius 2 is 1.97 bits per heavy atom. The van der Waals surface area contributed by atoms with E-state index >= 15 is 0 Å². The van der Waals surface area contributed by atoms with Gasteiger partial charge in [0.05, 0.1) is 18.3 Å². The lowest BCUT2D eigenvalue weighted by molar-refractivity contribution is 0.196. The molecule has 0 radical (unpaired) electrons. The van der Waals surface area contributed by atoms with Crippen LogP contribution in [0, 0.1) is 5.82 Å². The lowest BCUT2D eigenvalue weighted by Crippen LogP contribution is -2.22. The van der Waals surface area contributed by atoms with Crippen LogP contribution in [0.3, 0.4) is 0 Å². The first-order valence-corrected chi connectivity index (χ1v) is 10.3. The van der Waals surface area contributed by atoms with Gasteiger partial charge in [-0.05, 0) is 42.8 Å². The Morgan fingerprint density at radius 1 is 1.21 bits per heavy atom. The summed E-state index contributed by atoms with van der Waals surface area (Å²) in [6.07, 6.45) is 0.578. The molecular formula is C25H24F3N5O. The molecule has 0 saturated heterocycles. The number of nitrogens with zero attached hydrogens (tertiary/aromatic N) is 5. The molecule has 0 aliphatic rings. The van der Waals surface area contributed by atoms with Crippen LogP contribution in [0.1, 0.15) is 25.0 Å². The Kier molecular flexibility index (Phi) is 7.78. The highest BCUT2D eigenvalue weighted by Gasteiger charge is 2.18. The predicted molar refractivity (Wildman–Crippen MR) is 128 cm³/mol. The van der Waals surface area contributed by atoms with Crippen LogP contribution in [-0.2, 0) is 11.3 Å². The highest BCUT2D eigenvalue weighted by Crippen LogP contribution is 2.21. The molecule has 176 valence electrons. The summed E-state index contributed by atoms with van der Waals surface area (Å²) >= 11 is 0. The van der Waals surface area contributed by atoms with Crippen molar-refractivity contribution in [1.29, 1.82) is 0 Å². The van der Waals surface area contributed by atoms with Gasteiger partial charge < -0.3 is 4.74 Å². The molecule has 0 spiro atoms. The molecule has 3 aromatic rings. The minimum Gasteiger partial charge on any atom is -0.438 e. The van der Waals surface area contributed by atoms with Gasteiger partial charge in [0.2, 0.25) is 0 Å². The molecule has 0 aliphatic heterocycles. The standard InChI is InChI=1S/C25H24F3N5O/c1-15(2)30-12-20-11-19(8-6-16(20)3)23-14-33(32-31-23)13-18-7-9-21(22(26)10-18)17(4)34-25(29-5)24(27)28/h6-12,14,24H,3-4,13H2,1-2,5H3/b20-12-,29-25?. The third-order valence-corrected chi connectivity index (χ3v) is 4.76. The van der Waals surface area contributed by atoms with E-state index in [-0.39, 0.29) is 17.9 Å². The maximum absolute atomic E-state index is 14.6. The molecule has 9 heteroatoms. The molecular weight excluding hydrogens is 443 g/mol. The zero-order valence-electron chi connectivity index (χ0n) is 19.1. The van der Waals surface area contributed by atoms with Gasteiger partial charge in [-0.25, -0.2) is 9.07 Å². The molecule has 0 fully saturated rings. The van der Waals surface area contributed by atoms with Crippen molar-refractivity contribution in [3.05, 3.63) is 76.6 Å². The van der Waals surface area contributed by atoms with Gasteiger partial charge in [0, 0.05) is 29.7 Å². The molecule has 0 amide bonds. The highest BCUT2D eigenvalue weighted by molar-refractivity contribution is 5.84. The van der Waals surface area contributed by atoms with E-state index in [0.29, 0.717) is 11.3 Å². The summed E-state index contributed by atoms with van der Waals surface area (Å²) < 4.78 is 46.7. The molecule has 34 heavy (non-hydrogen) atoms. The monoisotopic (exact) mass is 467 g/mol. The van der Waals surface area contributed by atoms with E-state index in [4.69, 9.17) is 4.74 Å². The number of aliphatic imine (C=N–C) groups is 2. The Morgan fingerprint density at radius 3 is 2.62 bits per heavy atom. The summed E-state index contributed by atoms with van der Waals surface area (Å²) in [7, 11) is 1.16. The second-order valence-corrected chi connectivity index (χ2v) is 7.62. The number of alkyl halides is 2. The second kappa shape index (κ2) is 10.7. The van der Waals surface area contributed by atoms with E-state index in [2.05, 4.69) is 33.5 Å². The van der Waals surface area contributed by atoms with E-state index < -0.39 is 18.1 Å². The molecule has 0 aliphatic carbocycles. The van der Waals surface area contributed by atoms with Gasteiger partial charge in [-0.15, -0.1) is 5.10 Å². The van der Waals surface area contributed by atoms with E-state index in [0.717, 1.165) is 28.8 Å². The quantitative estimate of drug-likeness (QED) is 0.299. The number of rotatable bonds is 7. The van der Waals surface area contributed by atoms with Crippen LogP contribution >= 0.6 is 0 Å². The van der Waals surface area contributed by atoms with Crippen molar-refractivity contribution in [3.8, 4) is 11.3 Å². The van der Waals surface area contributed by atoms with Crippen molar-refractivity contribution in [2.75, 3.05) is 7.05 Å². The minimum atomic E-state index is -2.92. The minimum absolute atomic E-state index is 0.0353. The normalized spacial score (nSPS) is 12.2. The highest BCUT2D eigenvalue weighted by atomic mass is 19.3. The Bertz CT molecular complexity index is 1370. The zero-order chi connectivity index (χ0) is 24.8. The van der Waals surface area contributed by atoms with Crippen molar-refractivity contribution in [2.45, 2.75) is 26.8 Å². The van der Waals surface area contributed by atoms with Crippen molar-refractivity contribution >= 4 is 30.1 Å². The maximum Gasteiger partial charge on any atom is 0.312 e. The van der Waals surface area contributed by atoms with Crippen molar-refractivity contribution in [2.24, 2.45) is 9.98 Å². The molecule has 0 bridgehead atoms. The van der Waals surface area contributed by atoms with Crippen LogP contribution < -0.4 is 10.4 Å². The number of benzene rings is 2. The van der Waals surface area contributed by atoms with Gasteiger partial charge in [0.15, 0.2) is 0 Å². The second-order valence-electron chi connectivity index (χ2n) is 7.62. The Balaban J connectivity index is 1.78. The SMILES string of the molecule is C=C(OC(=NC)C(F)F)c1ccc(Cn2cc(-c3ccc(=C)/c(=C\N=C(C)C)c3)nn2)cc1F. The first-order chi connectivity index (χ1) is 16.2. The van der Waals surface area contributed by atoms with Gasteiger partial charge in [-0.2, -0.15) is 8.78 Å². The number of halogens is 3. The molecule has 3 rings (SSSR count). The average Bonchev–Trinajstić information content (AvgIpc) is 3.24. The van der Waals surface area contributed by atoms with E-state index in [1.807, 2.05) is 32.0 Å². The summed E-state index contributed by atoms with van der Waals surface area (Å²) in [6.45, 7) is 11.6.